The summed E-state index contributed by atoms with van der Waals surface area (Å²) < 4.78 is 16.1. The molecule has 0 radical (unpaired) electrons. The summed E-state index contributed by atoms with van der Waals surface area (Å²) in [6.07, 6.45) is 0.847. The van der Waals surface area contributed by atoms with Gasteiger partial charge in [0, 0.05) is 43.9 Å². The Morgan fingerprint density at radius 1 is 1.25 bits per heavy atom. The lowest BCUT2D eigenvalue weighted by atomic mass is 9.97. The van der Waals surface area contributed by atoms with Crippen LogP contribution in [0.25, 0.3) is 0 Å². The molecule has 8 nitrogen and oxygen atoms in total. The van der Waals surface area contributed by atoms with Crippen LogP contribution in [0.2, 0.25) is 0 Å². The molecule has 0 saturated heterocycles. The number of aromatic nitrogens is 2. The van der Waals surface area contributed by atoms with E-state index < -0.39 is 0 Å². The van der Waals surface area contributed by atoms with E-state index in [4.69, 9.17) is 14.0 Å². The lowest BCUT2D eigenvalue weighted by Gasteiger charge is -2.12. The molecule has 0 fully saturated rings. The Morgan fingerprint density at radius 3 is 2.75 bits per heavy atom. The summed E-state index contributed by atoms with van der Waals surface area (Å²) in [6.45, 7) is 10.5. The number of hydrogen-bond donors (Lipinski definition) is 2. The molecule has 0 amide bonds. The zero-order valence-electron chi connectivity index (χ0n) is 17.4. The molecule has 0 unspecified atom stereocenters. The van der Waals surface area contributed by atoms with Crippen LogP contribution < -0.4 is 15.4 Å². The first kappa shape index (κ1) is 21.7. The second kappa shape index (κ2) is 10.7. The smallest absolute Gasteiger partial charge is 0.232 e. The fraction of sp³-hybridized carbons (Fsp3) is 0.550. The van der Waals surface area contributed by atoms with Gasteiger partial charge in [0.2, 0.25) is 5.89 Å². The van der Waals surface area contributed by atoms with Gasteiger partial charge in [-0.05, 0) is 19.1 Å². The van der Waals surface area contributed by atoms with Gasteiger partial charge >= 0.3 is 0 Å². The highest BCUT2D eigenvalue weighted by molar-refractivity contribution is 5.93. The van der Waals surface area contributed by atoms with Crippen molar-refractivity contribution < 1.29 is 14.0 Å². The minimum Gasteiger partial charge on any atom is -0.493 e. The molecule has 1 heterocycles. The molecule has 0 aliphatic rings. The van der Waals surface area contributed by atoms with E-state index in [1.807, 2.05) is 52.0 Å². The molecule has 0 aliphatic carbocycles. The van der Waals surface area contributed by atoms with Gasteiger partial charge < -0.3 is 24.6 Å². The average molecular weight is 390 g/mol. The third kappa shape index (κ3) is 7.19. The molecule has 154 valence electrons. The molecule has 1 aromatic carbocycles. The largest absolute Gasteiger partial charge is 0.493 e. The Kier molecular flexibility index (Phi) is 8.25. The zero-order valence-corrected chi connectivity index (χ0v) is 17.4. The maximum atomic E-state index is 5.74. The van der Waals surface area contributed by atoms with Crippen molar-refractivity contribution in [3.05, 3.63) is 36.0 Å². The monoisotopic (exact) mass is 389 g/mol. The van der Waals surface area contributed by atoms with Crippen molar-refractivity contribution in [3.8, 4) is 5.75 Å². The SMILES string of the molecule is CCNC(=NCc1noc(C(C)(C)C)n1)Nc1cccc(OCCCOC)c1. The molecule has 0 atom stereocenters. The second-order valence-corrected chi connectivity index (χ2v) is 7.31. The van der Waals surface area contributed by atoms with Crippen LogP contribution in [0.5, 0.6) is 5.75 Å². The first-order valence-electron chi connectivity index (χ1n) is 9.52. The lowest BCUT2D eigenvalue weighted by molar-refractivity contribution is 0.172. The molecule has 1 aromatic heterocycles. The lowest BCUT2D eigenvalue weighted by Crippen LogP contribution is -2.30. The van der Waals surface area contributed by atoms with Crippen LogP contribution >= 0.6 is 0 Å². The fourth-order valence-corrected chi connectivity index (χ4v) is 2.27. The average Bonchev–Trinajstić information content (AvgIpc) is 3.13. The molecule has 0 saturated carbocycles. The number of benzene rings is 1. The van der Waals surface area contributed by atoms with Gasteiger partial charge in [0.1, 0.15) is 12.3 Å². The van der Waals surface area contributed by atoms with Gasteiger partial charge in [-0.25, -0.2) is 4.99 Å². The first-order chi connectivity index (χ1) is 13.4. The number of anilines is 1. The van der Waals surface area contributed by atoms with Crippen LogP contribution in [0.1, 0.15) is 45.8 Å². The summed E-state index contributed by atoms with van der Waals surface area (Å²) in [6, 6.07) is 7.76. The quantitative estimate of drug-likeness (QED) is 0.386. The van der Waals surface area contributed by atoms with Crippen LogP contribution in [-0.2, 0) is 16.7 Å². The van der Waals surface area contributed by atoms with E-state index in [-0.39, 0.29) is 5.41 Å². The summed E-state index contributed by atoms with van der Waals surface area (Å²) >= 11 is 0. The van der Waals surface area contributed by atoms with Crippen LogP contribution in [-0.4, -0.2) is 43.0 Å². The van der Waals surface area contributed by atoms with Crippen molar-refractivity contribution >= 4 is 11.6 Å². The van der Waals surface area contributed by atoms with Gasteiger partial charge in [-0.3, -0.25) is 0 Å². The van der Waals surface area contributed by atoms with Crippen LogP contribution in [0.15, 0.2) is 33.8 Å². The molecule has 0 bridgehead atoms. The highest BCUT2D eigenvalue weighted by Gasteiger charge is 2.21. The Labute approximate surface area is 166 Å². The van der Waals surface area contributed by atoms with Gasteiger partial charge in [0.25, 0.3) is 0 Å². The summed E-state index contributed by atoms with van der Waals surface area (Å²) in [7, 11) is 1.69. The Morgan fingerprint density at radius 2 is 2.07 bits per heavy atom. The highest BCUT2D eigenvalue weighted by atomic mass is 16.5. The maximum Gasteiger partial charge on any atom is 0.232 e. The number of nitrogens with zero attached hydrogens (tertiary/aromatic N) is 3. The fourth-order valence-electron chi connectivity index (χ4n) is 2.27. The third-order valence-electron chi connectivity index (χ3n) is 3.69. The number of methoxy groups -OCH3 is 1. The summed E-state index contributed by atoms with van der Waals surface area (Å²) in [4.78, 5) is 8.96. The molecule has 2 aromatic rings. The van der Waals surface area contributed by atoms with Crippen LogP contribution in [0.4, 0.5) is 5.69 Å². The third-order valence-corrected chi connectivity index (χ3v) is 3.69. The molecule has 2 N–H and O–H groups in total. The van der Waals surface area contributed by atoms with Crippen molar-refractivity contribution in [2.75, 3.05) is 32.2 Å². The van der Waals surface area contributed by atoms with Gasteiger partial charge in [-0.1, -0.05) is 32.0 Å². The predicted octanol–water partition coefficient (Wildman–Crippen LogP) is 3.36. The molecular formula is C20H31N5O3. The number of hydrogen-bond acceptors (Lipinski definition) is 6. The molecule has 28 heavy (non-hydrogen) atoms. The normalized spacial score (nSPS) is 12.1. The Bertz CT molecular complexity index is 752. The Hall–Kier alpha value is -2.61. The van der Waals surface area contributed by atoms with E-state index in [1.165, 1.54) is 0 Å². The minimum absolute atomic E-state index is 0.179. The first-order valence-corrected chi connectivity index (χ1v) is 9.52. The molecule has 2 rings (SSSR count). The van der Waals surface area contributed by atoms with E-state index in [0.717, 1.165) is 24.4 Å². The van der Waals surface area contributed by atoms with Gasteiger partial charge in [-0.2, -0.15) is 4.98 Å². The van der Waals surface area contributed by atoms with E-state index >= 15 is 0 Å². The molecule has 0 aliphatic heterocycles. The number of rotatable bonds is 9. The van der Waals surface area contributed by atoms with Crippen molar-refractivity contribution in [1.82, 2.24) is 15.5 Å². The topological polar surface area (TPSA) is 93.8 Å². The Balaban J connectivity index is 1.99. The summed E-state index contributed by atoms with van der Waals surface area (Å²) in [5.41, 5.74) is 0.703. The van der Waals surface area contributed by atoms with Crippen molar-refractivity contribution in [1.29, 1.82) is 0 Å². The predicted molar refractivity (Wildman–Crippen MR) is 110 cm³/mol. The zero-order chi connectivity index (χ0) is 20.4. The highest BCUT2D eigenvalue weighted by Crippen LogP contribution is 2.20. The van der Waals surface area contributed by atoms with E-state index in [1.54, 1.807) is 7.11 Å². The number of aliphatic imine (C=N–C) groups is 1. The molecule has 8 heteroatoms. The molecule has 0 spiro atoms. The summed E-state index contributed by atoms with van der Waals surface area (Å²) in [5.74, 6) is 2.59. The van der Waals surface area contributed by atoms with E-state index in [0.29, 0.717) is 37.4 Å². The van der Waals surface area contributed by atoms with Gasteiger partial charge in [0.15, 0.2) is 11.8 Å². The van der Waals surface area contributed by atoms with Gasteiger partial charge in [0.05, 0.1) is 6.61 Å². The van der Waals surface area contributed by atoms with Crippen molar-refractivity contribution in [2.24, 2.45) is 4.99 Å². The van der Waals surface area contributed by atoms with Crippen molar-refractivity contribution in [3.63, 3.8) is 0 Å². The number of guanidine groups is 1. The summed E-state index contributed by atoms with van der Waals surface area (Å²) in [5, 5.41) is 10.5. The second-order valence-electron chi connectivity index (χ2n) is 7.31. The van der Waals surface area contributed by atoms with Gasteiger partial charge in [-0.15, -0.1) is 0 Å². The molecular weight excluding hydrogens is 358 g/mol. The number of ether oxygens (including phenoxy) is 2. The standard InChI is InChI=1S/C20H31N5O3/c1-6-21-19(22-14-17-24-18(28-25-17)20(2,3)4)23-15-9-7-10-16(13-15)27-12-8-11-26-5/h7,9-10,13H,6,8,11-12,14H2,1-5H3,(H2,21,22,23). The number of nitrogens with one attached hydrogen (secondary N) is 2. The van der Waals surface area contributed by atoms with Crippen LogP contribution in [0.3, 0.4) is 0 Å². The maximum absolute atomic E-state index is 5.74. The van der Waals surface area contributed by atoms with E-state index in [9.17, 15) is 0 Å². The minimum atomic E-state index is -0.179. The van der Waals surface area contributed by atoms with Crippen LogP contribution in [0, 0.1) is 0 Å². The van der Waals surface area contributed by atoms with E-state index in [2.05, 4.69) is 25.8 Å². The van der Waals surface area contributed by atoms with Crippen molar-refractivity contribution in [2.45, 2.75) is 46.1 Å².